The van der Waals surface area contributed by atoms with Crippen molar-refractivity contribution >= 4 is 5.97 Å². The molecule has 2 heterocycles. The number of allylic oxidation sites excluding steroid dienone is 1. The maximum Gasteiger partial charge on any atom is 0.338 e. The van der Waals surface area contributed by atoms with Gasteiger partial charge in [0.15, 0.2) is 12.4 Å². The van der Waals surface area contributed by atoms with Crippen LogP contribution in [-0.2, 0) is 14.2 Å². The second-order valence-electron chi connectivity index (χ2n) is 14.4. The standard InChI is InChI=1S/C36H45NO7/c1-34-15-12-26(43-33-30(19-25(37)21-42-33)44-32(39)22-6-4-3-5-7-22)18-24(34)9-10-29-28(34)13-16-35(2)27(14-17-36(29,35)40)23-8-11-31(38)41-20-23/h3-8,11,18,20,25-30,33,40H,9-10,12-17,19,21,37H2,1-2H3/t25-,26+,27-,28?,29?,30+,33?,34+,35-,36+/m1/s1. The van der Waals surface area contributed by atoms with Crippen LogP contribution in [0.2, 0.25) is 0 Å². The van der Waals surface area contributed by atoms with Gasteiger partial charge in [0, 0.05) is 23.9 Å². The Bertz CT molecular complexity index is 1450. The Morgan fingerprint density at radius 3 is 2.59 bits per heavy atom. The van der Waals surface area contributed by atoms with Gasteiger partial charge in [-0.25, -0.2) is 9.59 Å². The number of benzene rings is 1. The third-order valence-electron chi connectivity index (χ3n) is 12.3. The van der Waals surface area contributed by atoms with Crippen molar-refractivity contribution in [2.24, 2.45) is 28.4 Å². The van der Waals surface area contributed by atoms with Crippen molar-refractivity contribution in [3.63, 3.8) is 0 Å². The smallest absolute Gasteiger partial charge is 0.338 e. The minimum Gasteiger partial charge on any atom is -0.453 e. The quantitative estimate of drug-likeness (QED) is 0.340. The first-order chi connectivity index (χ1) is 21.1. The van der Waals surface area contributed by atoms with E-state index in [0.717, 1.165) is 56.9 Å². The summed E-state index contributed by atoms with van der Waals surface area (Å²) in [7, 11) is 0. The number of nitrogens with two attached hydrogens (primary N) is 1. The molecule has 0 radical (unpaired) electrons. The third-order valence-corrected chi connectivity index (χ3v) is 12.3. The van der Waals surface area contributed by atoms with E-state index in [1.165, 1.54) is 11.6 Å². The second kappa shape index (κ2) is 11.2. The molecule has 1 aromatic heterocycles. The molecule has 1 saturated heterocycles. The summed E-state index contributed by atoms with van der Waals surface area (Å²) < 4.78 is 23.6. The van der Waals surface area contributed by atoms with Crippen LogP contribution in [-0.4, -0.2) is 47.8 Å². The molecule has 44 heavy (non-hydrogen) atoms. The van der Waals surface area contributed by atoms with Crippen molar-refractivity contribution < 1.29 is 28.5 Å². The van der Waals surface area contributed by atoms with Crippen LogP contribution in [0.4, 0.5) is 0 Å². The summed E-state index contributed by atoms with van der Waals surface area (Å²) in [6.45, 7) is 5.03. The molecule has 4 fully saturated rings. The topological polar surface area (TPSA) is 121 Å². The molecule has 8 nitrogen and oxygen atoms in total. The van der Waals surface area contributed by atoms with Gasteiger partial charge in [-0.05, 0) is 98.3 Å². The number of hydrogen-bond acceptors (Lipinski definition) is 8. The zero-order valence-electron chi connectivity index (χ0n) is 25.8. The van der Waals surface area contributed by atoms with Gasteiger partial charge < -0.3 is 29.5 Å². The number of fused-ring (bicyclic) bond motifs is 5. The maximum absolute atomic E-state index is 12.8. The molecule has 4 aliphatic carbocycles. The van der Waals surface area contributed by atoms with Crippen molar-refractivity contribution in [2.75, 3.05) is 6.61 Å². The lowest BCUT2D eigenvalue weighted by atomic mass is 9.45. The van der Waals surface area contributed by atoms with Crippen LogP contribution in [0.1, 0.15) is 93.5 Å². The lowest BCUT2D eigenvalue weighted by molar-refractivity contribution is -0.233. The molecular formula is C36H45NO7. The largest absolute Gasteiger partial charge is 0.453 e. The average molecular weight is 604 g/mol. The summed E-state index contributed by atoms with van der Waals surface area (Å²) in [6, 6.07) is 12.1. The van der Waals surface area contributed by atoms with Crippen LogP contribution in [0.15, 0.2) is 69.6 Å². The van der Waals surface area contributed by atoms with Crippen molar-refractivity contribution in [3.05, 3.63) is 81.9 Å². The van der Waals surface area contributed by atoms with E-state index in [4.69, 9.17) is 24.4 Å². The lowest BCUT2D eigenvalue weighted by Crippen LogP contribution is -2.60. The monoisotopic (exact) mass is 603 g/mol. The Morgan fingerprint density at radius 2 is 1.82 bits per heavy atom. The Kier molecular flexibility index (Phi) is 7.63. The van der Waals surface area contributed by atoms with Gasteiger partial charge in [0.05, 0.1) is 30.1 Å². The third kappa shape index (κ3) is 4.89. The Hall–Kier alpha value is -2.78. The summed E-state index contributed by atoms with van der Waals surface area (Å²) in [5, 5.41) is 12.5. The zero-order chi connectivity index (χ0) is 30.7. The molecule has 0 bridgehead atoms. The van der Waals surface area contributed by atoms with Gasteiger partial charge >= 0.3 is 11.6 Å². The normalized spacial score (nSPS) is 41.5. The number of hydrogen-bond donors (Lipinski definition) is 2. The number of carbonyl (C=O) groups is 1. The van der Waals surface area contributed by atoms with E-state index < -0.39 is 24.0 Å². The van der Waals surface area contributed by atoms with Crippen LogP contribution < -0.4 is 11.4 Å². The van der Waals surface area contributed by atoms with E-state index in [1.807, 2.05) is 24.3 Å². The number of carbonyl (C=O) groups excluding carboxylic acids is 1. The summed E-state index contributed by atoms with van der Waals surface area (Å²) >= 11 is 0. The summed E-state index contributed by atoms with van der Waals surface area (Å²) in [6.07, 6.45) is 10.4. The van der Waals surface area contributed by atoms with Crippen LogP contribution in [0.3, 0.4) is 0 Å². The number of ether oxygens (including phenoxy) is 3. The molecule has 10 atom stereocenters. The Morgan fingerprint density at radius 1 is 1.00 bits per heavy atom. The highest BCUT2D eigenvalue weighted by atomic mass is 16.7. The zero-order valence-corrected chi connectivity index (χ0v) is 25.8. The number of rotatable bonds is 5. The van der Waals surface area contributed by atoms with Crippen molar-refractivity contribution in [1.29, 1.82) is 0 Å². The molecular weight excluding hydrogens is 558 g/mol. The van der Waals surface area contributed by atoms with Gasteiger partial charge in [0.25, 0.3) is 0 Å². The molecule has 2 aromatic rings. The maximum atomic E-state index is 12.8. The molecule has 5 aliphatic rings. The highest BCUT2D eigenvalue weighted by Crippen LogP contribution is 2.70. The van der Waals surface area contributed by atoms with Gasteiger partial charge in [0.2, 0.25) is 0 Å². The molecule has 8 heteroatoms. The SMILES string of the molecule is C[C@]12CC[C@H](OC3OC[C@H](N)C[C@@H]3OC(=O)c3ccccc3)C=C1CCC1C2CC[C@]2(C)[C@@H](c3ccc(=O)oc3)CC[C@]12O. The minimum atomic E-state index is -0.747. The summed E-state index contributed by atoms with van der Waals surface area (Å²) in [5.41, 5.74) is 7.80. The summed E-state index contributed by atoms with van der Waals surface area (Å²) in [4.78, 5) is 24.5. The van der Waals surface area contributed by atoms with E-state index >= 15 is 0 Å². The number of aliphatic hydroxyl groups is 1. The van der Waals surface area contributed by atoms with Crippen LogP contribution in [0, 0.1) is 22.7 Å². The van der Waals surface area contributed by atoms with Gasteiger partial charge in [-0.15, -0.1) is 0 Å². The molecule has 0 amide bonds. The molecule has 3 saturated carbocycles. The van der Waals surface area contributed by atoms with Crippen molar-refractivity contribution in [3.8, 4) is 0 Å². The second-order valence-corrected chi connectivity index (χ2v) is 14.4. The summed E-state index contributed by atoms with van der Waals surface area (Å²) in [5.74, 6) is 0.409. The fraction of sp³-hybridized carbons (Fsp3) is 0.611. The van der Waals surface area contributed by atoms with Crippen molar-refractivity contribution in [2.45, 2.75) is 108 Å². The van der Waals surface area contributed by atoms with Crippen LogP contribution in [0.25, 0.3) is 0 Å². The fourth-order valence-electron chi connectivity index (χ4n) is 9.86. The number of esters is 1. The van der Waals surface area contributed by atoms with E-state index in [1.54, 1.807) is 18.4 Å². The van der Waals surface area contributed by atoms with E-state index in [-0.39, 0.29) is 40.4 Å². The molecule has 3 N–H and O–H groups in total. The average Bonchev–Trinajstić information content (AvgIpc) is 3.30. The van der Waals surface area contributed by atoms with Gasteiger partial charge in [-0.3, -0.25) is 0 Å². The molecule has 1 aromatic carbocycles. The highest BCUT2D eigenvalue weighted by molar-refractivity contribution is 5.89. The molecule has 1 aliphatic heterocycles. The highest BCUT2D eigenvalue weighted by Gasteiger charge is 2.66. The van der Waals surface area contributed by atoms with Gasteiger partial charge in [0.1, 0.15) is 0 Å². The first kappa shape index (κ1) is 29.9. The molecule has 236 valence electrons. The van der Waals surface area contributed by atoms with E-state index in [0.29, 0.717) is 24.5 Å². The molecule has 3 unspecified atom stereocenters. The molecule has 0 spiro atoms. The van der Waals surface area contributed by atoms with Crippen LogP contribution in [0.5, 0.6) is 0 Å². The van der Waals surface area contributed by atoms with Crippen molar-refractivity contribution in [1.82, 2.24) is 0 Å². The van der Waals surface area contributed by atoms with E-state index in [2.05, 4.69) is 19.9 Å². The predicted molar refractivity (Wildman–Crippen MR) is 164 cm³/mol. The Labute approximate surface area is 258 Å². The van der Waals surface area contributed by atoms with Gasteiger partial charge in [-0.2, -0.15) is 0 Å². The van der Waals surface area contributed by atoms with Crippen LogP contribution >= 0.6 is 0 Å². The lowest BCUT2D eigenvalue weighted by Gasteiger charge is -2.62. The molecule has 7 rings (SSSR count). The minimum absolute atomic E-state index is 0.00636. The fourth-order valence-corrected chi connectivity index (χ4v) is 9.86. The Balaban J connectivity index is 1.07. The van der Waals surface area contributed by atoms with Gasteiger partial charge in [-0.1, -0.05) is 43.7 Å². The first-order valence-electron chi connectivity index (χ1n) is 16.4. The van der Waals surface area contributed by atoms with E-state index in [9.17, 15) is 14.7 Å². The predicted octanol–water partition coefficient (Wildman–Crippen LogP) is 5.49. The first-order valence-corrected chi connectivity index (χ1v) is 16.4.